The molecule has 1 N–H and O–H groups in total. The van der Waals surface area contributed by atoms with E-state index in [0.717, 1.165) is 18.7 Å². The third-order valence-electron chi connectivity index (χ3n) is 3.63. The van der Waals surface area contributed by atoms with Gasteiger partial charge in [-0.25, -0.2) is 4.98 Å². The van der Waals surface area contributed by atoms with Gasteiger partial charge in [0.25, 0.3) is 0 Å². The molecule has 1 aromatic rings. The van der Waals surface area contributed by atoms with E-state index in [4.69, 9.17) is 23.2 Å². The molecule has 2 nitrogen and oxygen atoms in total. The highest BCUT2D eigenvalue weighted by atomic mass is 35.5. The fraction of sp³-hybridized carbons (Fsp3) is 0.583. The number of hydrogen-bond donors (Lipinski definition) is 1. The van der Waals surface area contributed by atoms with Crippen LogP contribution in [-0.4, -0.2) is 16.4 Å². The maximum absolute atomic E-state index is 12.5. The molecule has 0 spiro atoms. The van der Waals surface area contributed by atoms with Crippen LogP contribution in [-0.2, 0) is 6.18 Å². The molecule has 1 aliphatic rings. The molecular weight excluding hydrogens is 300 g/mol. The lowest BCUT2D eigenvalue weighted by molar-refractivity contribution is -0.137. The molecule has 1 aliphatic carbocycles. The molecule has 0 amide bonds. The molecule has 1 aromatic heterocycles. The van der Waals surface area contributed by atoms with Crippen molar-refractivity contribution in [1.82, 2.24) is 4.98 Å². The standard InChI is InChI=1S/C12H13Cl2F3N2/c1-11(2)8(14)4-9(11)19-10-7(13)3-6(5-18-10)12(15,16)17/h3,5,8-9H,4H2,1-2H3,(H,18,19). The summed E-state index contributed by atoms with van der Waals surface area (Å²) in [6.07, 6.45) is -2.93. The van der Waals surface area contributed by atoms with E-state index in [1.165, 1.54) is 0 Å². The van der Waals surface area contributed by atoms with Crippen LogP contribution in [0.3, 0.4) is 0 Å². The number of nitrogens with zero attached hydrogens (tertiary/aromatic N) is 1. The Bertz CT molecular complexity index is 488. The first-order valence-corrected chi connectivity index (χ1v) is 6.57. The predicted molar refractivity (Wildman–Crippen MR) is 69.7 cm³/mol. The van der Waals surface area contributed by atoms with Crippen molar-refractivity contribution in [2.24, 2.45) is 5.41 Å². The Morgan fingerprint density at radius 1 is 1.42 bits per heavy atom. The van der Waals surface area contributed by atoms with Gasteiger partial charge in [-0.1, -0.05) is 25.4 Å². The van der Waals surface area contributed by atoms with Crippen molar-refractivity contribution in [3.05, 3.63) is 22.8 Å². The van der Waals surface area contributed by atoms with Gasteiger partial charge in [-0.2, -0.15) is 13.2 Å². The summed E-state index contributed by atoms with van der Waals surface area (Å²) in [7, 11) is 0. The minimum Gasteiger partial charge on any atom is -0.365 e. The summed E-state index contributed by atoms with van der Waals surface area (Å²) in [4.78, 5) is 3.75. The van der Waals surface area contributed by atoms with Crippen LogP contribution in [0.2, 0.25) is 5.02 Å². The largest absolute Gasteiger partial charge is 0.417 e. The molecule has 2 unspecified atom stereocenters. The van der Waals surface area contributed by atoms with Crippen LogP contribution in [0.15, 0.2) is 12.3 Å². The normalized spacial score (nSPS) is 25.8. The minimum absolute atomic E-state index is 0.0383. The van der Waals surface area contributed by atoms with E-state index in [1.54, 1.807) is 0 Å². The number of rotatable bonds is 2. The zero-order valence-electron chi connectivity index (χ0n) is 10.4. The van der Waals surface area contributed by atoms with Crippen LogP contribution in [0.1, 0.15) is 25.8 Å². The molecule has 2 rings (SSSR count). The lowest BCUT2D eigenvalue weighted by Gasteiger charge is -2.49. The number of hydrogen-bond acceptors (Lipinski definition) is 2. The number of halogens is 5. The van der Waals surface area contributed by atoms with Crippen molar-refractivity contribution in [1.29, 1.82) is 0 Å². The molecule has 2 atom stereocenters. The van der Waals surface area contributed by atoms with Gasteiger partial charge in [0.2, 0.25) is 0 Å². The van der Waals surface area contributed by atoms with E-state index < -0.39 is 11.7 Å². The van der Waals surface area contributed by atoms with Crippen molar-refractivity contribution in [2.45, 2.75) is 37.9 Å². The third-order valence-corrected chi connectivity index (χ3v) is 4.66. The molecule has 7 heteroatoms. The zero-order valence-corrected chi connectivity index (χ0v) is 11.9. The Labute approximate surface area is 119 Å². The molecule has 1 heterocycles. The Morgan fingerprint density at radius 2 is 2.05 bits per heavy atom. The maximum atomic E-state index is 12.5. The lowest BCUT2D eigenvalue weighted by Crippen LogP contribution is -2.54. The minimum atomic E-state index is -4.44. The van der Waals surface area contributed by atoms with Crippen LogP contribution in [0.25, 0.3) is 0 Å². The van der Waals surface area contributed by atoms with E-state index in [1.807, 2.05) is 13.8 Å². The Kier molecular flexibility index (Phi) is 3.64. The molecular formula is C12H13Cl2F3N2. The van der Waals surface area contributed by atoms with E-state index in [2.05, 4.69) is 10.3 Å². The Balaban J connectivity index is 2.15. The van der Waals surface area contributed by atoms with Gasteiger partial charge in [0.05, 0.1) is 10.6 Å². The number of pyridine rings is 1. The predicted octanol–water partition coefficient (Wildman–Crippen LogP) is 4.57. The van der Waals surface area contributed by atoms with Crippen molar-refractivity contribution in [2.75, 3.05) is 5.32 Å². The summed E-state index contributed by atoms with van der Waals surface area (Å²) in [6, 6.07) is 0.928. The van der Waals surface area contributed by atoms with Gasteiger partial charge in [0, 0.05) is 23.0 Å². The summed E-state index contributed by atoms with van der Waals surface area (Å²) in [5.41, 5.74) is -0.999. The van der Waals surface area contributed by atoms with Crippen LogP contribution in [0.5, 0.6) is 0 Å². The first kappa shape index (κ1) is 14.7. The first-order valence-electron chi connectivity index (χ1n) is 5.75. The van der Waals surface area contributed by atoms with Crippen LogP contribution in [0, 0.1) is 5.41 Å². The summed E-state index contributed by atoms with van der Waals surface area (Å²) < 4.78 is 37.4. The van der Waals surface area contributed by atoms with E-state index in [9.17, 15) is 13.2 Å². The summed E-state index contributed by atoms with van der Waals surface area (Å²) in [5.74, 6) is 0.260. The maximum Gasteiger partial charge on any atom is 0.417 e. The van der Waals surface area contributed by atoms with Gasteiger partial charge >= 0.3 is 6.18 Å². The third kappa shape index (κ3) is 2.77. The molecule has 1 saturated carbocycles. The summed E-state index contributed by atoms with van der Waals surface area (Å²) in [6.45, 7) is 3.98. The van der Waals surface area contributed by atoms with Crippen molar-refractivity contribution < 1.29 is 13.2 Å². The number of nitrogens with one attached hydrogen (secondary N) is 1. The van der Waals surface area contributed by atoms with Crippen molar-refractivity contribution in [3.63, 3.8) is 0 Å². The molecule has 106 valence electrons. The molecule has 0 saturated heterocycles. The average molecular weight is 313 g/mol. The summed E-state index contributed by atoms with van der Waals surface area (Å²) in [5, 5.41) is 3.05. The van der Waals surface area contributed by atoms with Crippen molar-refractivity contribution in [3.8, 4) is 0 Å². The van der Waals surface area contributed by atoms with Crippen LogP contribution < -0.4 is 5.32 Å². The second kappa shape index (κ2) is 4.70. The lowest BCUT2D eigenvalue weighted by atomic mass is 9.67. The Morgan fingerprint density at radius 3 is 2.47 bits per heavy atom. The molecule has 0 radical (unpaired) electrons. The first-order chi connectivity index (χ1) is 8.62. The number of aromatic nitrogens is 1. The highest BCUT2D eigenvalue weighted by molar-refractivity contribution is 6.33. The van der Waals surface area contributed by atoms with Crippen molar-refractivity contribution >= 4 is 29.0 Å². The highest BCUT2D eigenvalue weighted by Gasteiger charge is 2.47. The topological polar surface area (TPSA) is 24.9 Å². The van der Waals surface area contributed by atoms with Gasteiger partial charge in [-0.15, -0.1) is 11.6 Å². The molecule has 19 heavy (non-hydrogen) atoms. The van der Waals surface area contributed by atoms with Crippen LogP contribution >= 0.6 is 23.2 Å². The highest BCUT2D eigenvalue weighted by Crippen LogP contribution is 2.46. The zero-order chi connectivity index (χ0) is 14.4. The van der Waals surface area contributed by atoms with E-state index >= 15 is 0 Å². The van der Waals surface area contributed by atoms with Gasteiger partial charge in [-0.3, -0.25) is 0 Å². The van der Waals surface area contributed by atoms with Gasteiger partial charge in [0.1, 0.15) is 5.82 Å². The molecule has 0 aromatic carbocycles. The van der Waals surface area contributed by atoms with Gasteiger partial charge in [0.15, 0.2) is 0 Å². The van der Waals surface area contributed by atoms with Gasteiger partial charge < -0.3 is 5.32 Å². The van der Waals surface area contributed by atoms with Gasteiger partial charge in [-0.05, 0) is 12.5 Å². The second-order valence-corrected chi connectivity index (χ2v) is 6.21. The molecule has 0 bridgehead atoms. The number of alkyl halides is 4. The second-order valence-electron chi connectivity index (χ2n) is 5.27. The Hall–Kier alpha value is -0.680. The monoisotopic (exact) mass is 312 g/mol. The molecule has 1 fully saturated rings. The average Bonchev–Trinajstić information content (AvgIpc) is 2.29. The molecule has 0 aliphatic heterocycles. The quantitative estimate of drug-likeness (QED) is 0.809. The fourth-order valence-electron chi connectivity index (χ4n) is 1.98. The summed E-state index contributed by atoms with van der Waals surface area (Å²) >= 11 is 11.9. The smallest absolute Gasteiger partial charge is 0.365 e. The van der Waals surface area contributed by atoms with E-state index in [0.29, 0.717) is 0 Å². The SMILES string of the molecule is CC1(C)C(Cl)CC1Nc1ncc(C(F)(F)F)cc1Cl. The fourth-order valence-corrected chi connectivity index (χ4v) is 2.53. The van der Waals surface area contributed by atoms with Crippen LogP contribution in [0.4, 0.5) is 19.0 Å². The number of anilines is 1. The van der Waals surface area contributed by atoms with E-state index in [-0.39, 0.29) is 27.7 Å².